The fourth-order valence-corrected chi connectivity index (χ4v) is 3.46. The van der Waals surface area contributed by atoms with Crippen LogP contribution in [-0.4, -0.2) is 33.9 Å². The van der Waals surface area contributed by atoms with Gasteiger partial charge in [0, 0.05) is 30.7 Å². The molecule has 2 aromatic heterocycles. The summed E-state index contributed by atoms with van der Waals surface area (Å²) in [4.78, 5) is 28.4. The Morgan fingerprint density at radius 3 is 2.74 bits per heavy atom. The van der Waals surface area contributed by atoms with Crippen LogP contribution in [0.3, 0.4) is 0 Å². The second-order valence-corrected chi connectivity index (χ2v) is 7.16. The van der Waals surface area contributed by atoms with Crippen molar-refractivity contribution in [2.75, 3.05) is 23.3 Å². The van der Waals surface area contributed by atoms with Crippen LogP contribution in [0.15, 0.2) is 42.6 Å². The molecule has 1 aliphatic heterocycles. The first-order chi connectivity index (χ1) is 13.1. The minimum atomic E-state index is -0.245. The Morgan fingerprint density at radius 2 is 1.93 bits per heavy atom. The molecule has 1 N–H and O–H groups in total. The molecule has 1 fully saturated rings. The lowest BCUT2D eigenvalue weighted by Crippen LogP contribution is -2.34. The molecule has 0 bridgehead atoms. The van der Waals surface area contributed by atoms with Gasteiger partial charge < -0.3 is 10.2 Å². The van der Waals surface area contributed by atoms with Gasteiger partial charge in [-0.2, -0.15) is 0 Å². The number of amides is 1. The number of nitrogens with zero attached hydrogens (tertiary/aromatic N) is 4. The highest BCUT2D eigenvalue weighted by Crippen LogP contribution is 2.24. The Hall–Kier alpha value is -3.02. The Labute approximate surface area is 158 Å². The summed E-state index contributed by atoms with van der Waals surface area (Å²) < 4.78 is 0. The fraction of sp³-hybridized carbons (Fsp3) is 0.333. The summed E-state index contributed by atoms with van der Waals surface area (Å²) in [5, 5.41) is 3.94. The van der Waals surface area contributed by atoms with Gasteiger partial charge in [0.2, 0.25) is 0 Å². The van der Waals surface area contributed by atoms with E-state index in [-0.39, 0.29) is 5.91 Å². The predicted molar refractivity (Wildman–Crippen MR) is 107 cm³/mol. The maximum Gasteiger partial charge on any atom is 0.274 e. The largest absolute Gasteiger partial charge is 0.356 e. The van der Waals surface area contributed by atoms with E-state index in [0.29, 0.717) is 17.2 Å². The summed E-state index contributed by atoms with van der Waals surface area (Å²) in [5.41, 5.74) is 1.83. The summed E-state index contributed by atoms with van der Waals surface area (Å²) >= 11 is 0. The monoisotopic (exact) mass is 361 g/mol. The van der Waals surface area contributed by atoms with E-state index in [4.69, 9.17) is 0 Å². The van der Waals surface area contributed by atoms with E-state index in [1.165, 1.54) is 0 Å². The number of carbonyl (C=O) groups excluding carboxylic acids is 1. The Morgan fingerprint density at radius 1 is 1.15 bits per heavy atom. The molecule has 6 nitrogen and oxygen atoms in total. The van der Waals surface area contributed by atoms with Crippen molar-refractivity contribution >= 4 is 28.3 Å². The minimum absolute atomic E-state index is 0.245. The number of rotatable bonds is 3. The van der Waals surface area contributed by atoms with Crippen molar-refractivity contribution in [3.05, 3.63) is 54.1 Å². The standard InChI is InChI=1S/C21H23N5O/c1-14-8-11-26(12-9-14)19-13-18(23-15(2)24-19)21(27)25-17-7-3-5-16-6-4-10-22-20(16)17/h3-7,10,13-14H,8-9,11-12H2,1-2H3,(H,25,27). The molecule has 4 rings (SSSR count). The zero-order chi connectivity index (χ0) is 18.8. The van der Waals surface area contributed by atoms with Crippen molar-refractivity contribution in [3.8, 4) is 0 Å². The number of para-hydroxylation sites is 1. The van der Waals surface area contributed by atoms with Gasteiger partial charge in [0.1, 0.15) is 17.3 Å². The zero-order valence-electron chi connectivity index (χ0n) is 15.6. The van der Waals surface area contributed by atoms with Crippen molar-refractivity contribution in [1.29, 1.82) is 0 Å². The molecule has 0 spiro atoms. The van der Waals surface area contributed by atoms with Gasteiger partial charge in [-0.3, -0.25) is 9.78 Å². The molecule has 1 saturated heterocycles. The van der Waals surface area contributed by atoms with Crippen molar-refractivity contribution in [3.63, 3.8) is 0 Å². The molecule has 1 amide bonds. The van der Waals surface area contributed by atoms with Crippen LogP contribution in [0.25, 0.3) is 10.9 Å². The lowest BCUT2D eigenvalue weighted by atomic mass is 9.99. The van der Waals surface area contributed by atoms with E-state index in [2.05, 4.69) is 32.1 Å². The number of aromatic nitrogens is 3. The van der Waals surface area contributed by atoms with Gasteiger partial charge in [-0.05, 0) is 37.8 Å². The molecule has 3 aromatic rings. The molecular weight excluding hydrogens is 338 g/mol. The molecular formula is C21H23N5O. The number of hydrogen-bond acceptors (Lipinski definition) is 5. The van der Waals surface area contributed by atoms with Crippen molar-refractivity contribution in [2.45, 2.75) is 26.7 Å². The summed E-state index contributed by atoms with van der Waals surface area (Å²) in [6.45, 7) is 6.03. The summed E-state index contributed by atoms with van der Waals surface area (Å²) in [6.07, 6.45) is 4.01. The molecule has 0 unspecified atom stereocenters. The number of nitrogens with one attached hydrogen (secondary N) is 1. The molecule has 6 heteroatoms. The van der Waals surface area contributed by atoms with Crippen molar-refractivity contribution in [2.24, 2.45) is 5.92 Å². The molecule has 3 heterocycles. The average Bonchev–Trinajstić information content (AvgIpc) is 2.68. The maximum atomic E-state index is 12.8. The number of benzene rings is 1. The number of hydrogen-bond donors (Lipinski definition) is 1. The van der Waals surface area contributed by atoms with E-state index in [1.54, 1.807) is 12.3 Å². The Bertz CT molecular complexity index is 974. The first kappa shape index (κ1) is 17.4. The molecule has 0 saturated carbocycles. The lowest BCUT2D eigenvalue weighted by molar-refractivity contribution is 0.102. The zero-order valence-corrected chi connectivity index (χ0v) is 15.6. The number of fused-ring (bicyclic) bond motifs is 1. The van der Waals surface area contributed by atoms with E-state index < -0.39 is 0 Å². The second-order valence-electron chi connectivity index (χ2n) is 7.16. The molecule has 0 radical (unpaired) electrons. The lowest BCUT2D eigenvalue weighted by Gasteiger charge is -2.31. The normalized spacial score (nSPS) is 15.1. The number of pyridine rings is 1. The van der Waals surface area contributed by atoms with Gasteiger partial charge in [-0.15, -0.1) is 0 Å². The third kappa shape index (κ3) is 3.74. The average molecular weight is 361 g/mol. The van der Waals surface area contributed by atoms with Crippen LogP contribution in [0.1, 0.15) is 36.1 Å². The van der Waals surface area contributed by atoms with Gasteiger partial charge >= 0.3 is 0 Å². The van der Waals surface area contributed by atoms with E-state index >= 15 is 0 Å². The third-order valence-electron chi connectivity index (χ3n) is 5.05. The fourth-order valence-electron chi connectivity index (χ4n) is 3.46. The Balaban J connectivity index is 1.60. The third-order valence-corrected chi connectivity index (χ3v) is 5.05. The van der Waals surface area contributed by atoms with Crippen LogP contribution < -0.4 is 10.2 Å². The van der Waals surface area contributed by atoms with Gasteiger partial charge in [0.15, 0.2) is 0 Å². The van der Waals surface area contributed by atoms with Crippen LogP contribution in [0.2, 0.25) is 0 Å². The van der Waals surface area contributed by atoms with Crippen LogP contribution in [-0.2, 0) is 0 Å². The topological polar surface area (TPSA) is 71.0 Å². The van der Waals surface area contributed by atoms with Gasteiger partial charge in [-0.1, -0.05) is 25.1 Å². The van der Waals surface area contributed by atoms with E-state index in [9.17, 15) is 4.79 Å². The van der Waals surface area contributed by atoms with Crippen molar-refractivity contribution < 1.29 is 4.79 Å². The molecule has 0 aliphatic carbocycles. The first-order valence-electron chi connectivity index (χ1n) is 9.36. The van der Waals surface area contributed by atoms with Crippen LogP contribution >= 0.6 is 0 Å². The highest BCUT2D eigenvalue weighted by atomic mass is 16.1. The van der Waals surface area contributed by atoms with Gasteiger partial charge in [0.05, 0.1) is 11.2 Å². The summed E-state index contributed by atoms with van der Waals surface area (Å²) in [5.74, 6) is 1.93. The highest BCUT2D eigenvalue weighted by Gasteiger charge is 2.20. The molecule has 1 aromatic carbocycles. The van der Waals surface area contributed by atoms with E-state index in [0.717, 1.165) is 48.6 Å². The number of piperidine rings is 1. The molecule has 27 heavy (non-hydrogen) atoms. The van der Waals surface area contributed by atoms with Crippen molar-refractivity contribution in [1.82, 2.24) is 15.0 Å². The maximum absolute atomic E-state index is 12.8. The Kier molecular flexibility index (Phi) is 4.71. The number of aryl methyl sites for hydroxylation is 1. The molecule has 138 valence electrons. The highest BCUT2D eigenvalue weighted by molar-refractivity contribution is 6.07. The van der Waals surface area contributed by atoms with Crippen LogP contribution in [0, 0.1) is 12.8 Å². The van der Waals surface area contributed by atoms with Crippen LogP contribution in [0.5, 0.6) is 0 Å². The van der Waals surface area contributed by atoms with E-state index in [1.807, 2.05) is 37.3 Å². The SMILES string of the molecule is Cc1nc(C(=O)Nc2cccc3cccnc23)cc(N2CCC(C)CC2)n1. The number of carbonyl (C=O) groups is 1. The molecule has 1 aliphatic rings. The quantitative estimate of drug-likeness (QED) is 0.768. The minimum Gasteiger partial charge on any atom is -0.356 e. The number of anilines is 2. The van der Waals surface area contributed by atoms with Gasteiger partial charge in [-0.25, -0.2) is 9.97 Å². The second kappa shape index (κ2) is 7.31. The first-order valence-corrected chi connectivity index (χ1v) is 9.36. The predicted octanol–water partition coefficient (Wildman–Crippen LogP) is 3.82. The summed E-state index contributed by atoms with van der Waals surface area (Å²) in [7, 11) is 0. The van der Waals surface area contributed by atoms with Crippen LogP contribution in [0.4, 0.5) is 11.5 Å². The summed E-state index contributed by atoms with van der Waals surface area (Å²) in [6, 6.07) is 11.4. The molecule has 0 atom stereocenters. The smallest absolute Gasteiger partial charge is 0.274 e. The van der Waals surface area contributed by atoms with Gasteiger partial charge in [0.25, 0.3) is 5.91 Å².